The number of fused-ring (bicyclic) bond motifs is 3. The van der Waals surface area contributed by atoms with E-state index in [4.69, 9.17) is 9.97 Å². The highest BCUT2D eigenvalue weighted by atomic mass is 19.2. The molecule has 1 heterocycles. The Morgan fingerprint density at radius 1 is 0.917 bits per heavy atom. The molecule has 1 aliphatic rings. The minimum atomic E-state index is -0.997. The van der Waals surface area contributed by atoms with Crippen LogP contribution in [0.5, 0.6) is 0 Å². The van der Waals surface area contributed by atoms with E-state index in [9.17, 15) is 18.7 Å². The molecule has 0 unspecified atom stereocenters. The third kappa shape index (κ3) is 5.06. The molecule has 5 rings (SSSR count). The number of amides is 1. The van der Waals surface area contributed by atoms with Gasteiger partial charge in [-0.1, -0.05) is 60.7 Å². The average molecular weight is 484 g/mol. The first kappa shape index (κ1) is 23.5. The van der Waals surface area contributed by atoms with Crippen LogP contribution in [-0.2, 0) is 30.7 Å². The zero-order chi connectivity index (χ0) is 25.1. The van der Waals surface area contributed by atoms with Gasteiger partial charge in [-0.2, -0.15) is 0 Å². The van der Waals surface area contributed by atoms with Gasteiger partial charge < -0.3 is 10.4 Å². The Kier molecular flexibility index (Phi) is 6.64. The summed E-state index contributed by atoms with van der Waals surface area (Å²) in [5.41, 5.74) is 6.19. The van der Waals surface area contributed by atoms with Gasteiger partial charge in [0.25, 0.3) is 0 Å². The lowest BCUT2D eigenvalue weighted by Gasteiger charge is -2.21. The minimum Gasteiger partial charge on any atom is -0.392 e. The first-order chi connectivity index (χ1) is 17.5. The molecule has 0 aliphatic heterocycles. The molecule has 2 N–H and O–H groups in total. The Morgan fingerprint density at radius 3 is 2.50 bits per heavy atom. The first-order valence-corrected chi connectivity index (χ1v) is 11.6. The van der Waals surface area contributed by atoms with Crippen LogP contribution in [0.3, 0.4) is 0 Å². The Labute approximate surface area is 207 Å². The number of aromatic nitrogens is 2. The summed E-state index contributed by atoms with van der Waals surface area (Å²) in [5.74, 6) is -2.06. The number of benzene rings is 3. The van der Waals surface area contributed by atoms with Crippen molar-refractivity contribution in [2.75, 3.05) is 5.32 Å². The molecular formula is C29H23F2N3O2. The number of carbonyl (C=O) groups is 1. The summed E-state index contributed by atoms with van der Waals surface area (Å²) < 4.78 is 26.8. The smallest absolute Gasteiger partial charge is 0.230 e. The maximum Gasteiger partial charge on any atom is 0.230 e. The van der Waals surface area contributed by atoms with Gasteiger partial charge in [0, 0.05) is 5.56 Å². The Hall–Kier alpha value is -4.23. The van der Waals surface area contributed by atoms with Gasteiger partial charge in [-0.05, 0) is 53.3 Å². The van der Waals surface area contributed by atoms with Crippen molar-refractivity contribution in [1.82, 2.24) is 9.97 Å². The van der Waals surface area contributed by atoms with Crippen LogP contribution in [-0.4, -0.2) is 21.0 Å². The standard InChI is InChI=1S/C29H23F2N3O2/c30-23-11-7-19(15-24(23)31)16-27(36)34-29-26(12-8-18-4-2-1-3-5-18)32-28-22-10-6-20(17-35)14-21(22)9-13-25(28)33-29/h1-8,10-12,14-15,35H,9,13,16-17H2,(H,33,34,36). The van der Waals surface area contributed by atoms with Crippen LogP contribution in [0.1, 0.15) is 33.6 Å². The summed E-state index contributed by atoms with van der Waals surface area (Å²) in [7, 11) is 0. The maximum atomic E-state index is 13.6. The zero-order valence-corrected chi connectivity index (χ0v) is 19.3. The van der Waals surface area contributed by atoms with E-state index in [0.717, 1.165) is 52.2 Å². The minimum absolute atomic E-state index is 0.0280. The second kappa shape index (κ2) is 10.2. The fourth-order valence-corrected chi connectivity index (χ4v) is 4.27. The second-order valence-corrected chi connectivity index (χ2v) is 8.62. The molecule has 7 heteroatoms. The molecule has 180 valence electrons. The maximum absolute atomic E-state index is 13.6. The second-order valence-electron chi connectivity index (χ2n) is 8.62. The van der Waals surface area contributed by atoms with Crippen molar-refractivity contribution in [2.24, 2.45) is 0 Å². The highest BCUT2D eigenvalue weighted by Crippen LogP contribution is 2.34. The predicted molar refractivity (Wildman–Crippen MR) is 135 cm³/mol. The lowest BCUT2D eigenvalue weighted by atomic mass is 9.90. The molecular weight excluding hydrogens is 460 g/mol. The quantitative estimate of drug-likeness (QED) is 0.387. The molecule has 0 spiro atoms. The number of hydrogen-bond donors (Lipinski definition) is 2. The van der Waals surface area contributed by atoms with Crippen molar-refractivity contribution < 1.29 is 18.7 Å². The molecule has 36 heavy (non-hydrogen) atoms. The van der Waals surface area contributed by atoms with E-state index in [1.807, 2.05) is 54.6 Å². The topological polar surface area (TPSA) is 75.1 Å². The van der Waals surface area contributed by atoms with Gasteiger partial charge in [-0.25, -0.2) is 18.7 Å². The van der Waals surface area contributed by atoms with Crippen LogP contribution in [0, 0.1) is 11.6 Å². The van der Waals surface area contributed by atoms with Crippen molar-refractivity contribution >= 4 is 23.9 Å². The molecule has 0 bridgehead atoms. The fourth-order valence-electron chi connectivity index (χ4n) is 4.27. The summed E-state index contributed by atoms with van der Waals surface area (Å²) in [6.45, 7) is -0.0280. The lowest BCUT2D eigenvalue weighted by molar-refractivity contribution is -0.115. The molecule has 5 nitrogen and oxygen atoms in total. The number of aryl methyl sites for hydroxylation is 2. The van der Waals surface area contributed by atoms with Crippen LogP contribution < -0.4 is 5.32 Å². The zero-order valence-electron chi connectivity index (χ0n) is 19.3. The van der Waals surface area contributed by atoms with E-state index < -0.39 is 17.5 Å². The number of nitrogens with zero attached hydrogens (tertiary/aromatic N) is 2. The number of hydrogen-bond acceptors (Lipinski definition) is 4. The molecule has 1 amide bonds. The van der Waals surface area contributed by atoms with Crippen LogP contribution in [0.2, 0.25) is 0 Å². The molecule has 3 aromatic carbocycles. The van der Waals surface area contributed by atoms with Gasteiger partial charge in [0.2, 0.25) is 5.91 Å². The van der Waals surface area contributed by atoms with Crippen molar-refractivity contribution in [3.8, 4) is 11.3 Å². The molecule has 4 aromatic rings. The summed E-state index contributed by atoms with van der Waals surface area (Å²) in [6.07, 6.45) is 4.93. The summed E-state index contributed by atoms with van der Waals surface area (Å²) in [4.78, 5) is 22.4. The molecule has 0 saturated carbocycles. The summed E-state index contributed by atoms with van der Waals surface area (Å²) >= 11 is 0. The molecule has 0 atom stereocenters. The normalized spacial score (nSPS) is 12.3. The molecule has 0 saturated heterocycles. The van der Waals surface area contributed by atoms with Crippen molar-refractivity contribution in [1.29, 1.82) is 0 Å². The largest absolute Gasteiger partial charge is 0.392 e. The molecule has 1 aliphatic carbocycles. The van der Waals surface area contributed by atoms with Crippen LogP contribution in [0.25, 0.3) is 23.4 Å². The number of aliphatic hydroxyl groups excluding tert-OH is 1. The highest BCUT2D eigenvalue weighted by molar-refractivity contribution is 5.93. The van der Waals surface area contributed by atoms with E-state index in [1.54, 1.807) is 6.08 Å². The monoisotopic (exact) mass is 483 g/mol. The van der Waals surface area contributed by atoms with E-state index in [1.165, 1.54) is 6.07 Å². The Bertz CT molecular complexity index is 1470. The van der Waals surface area contributed by atoms with E-state index >= 15 is 0 Å². The number of rotatable bonds is 6. The van der Waals surface area contributed by atoms with E-state index in [-0.39, 0.29) is 13.0 Å². The van der Waals surface area contributed by atoms with Crippen LogP contribution >= 0.6 is 0 Å². The lowest BCUT2D eigenvalue weighted by Crippen LogP contribution is -2.19. The summed E-state index contributed by atoms with van der Waals surface area (Å²) in [5, 5.41) is 12.3. The van der Waals surface area contributed by atoms with Crippen molar-refractivity contribution in [3.63, 3.8) is 0 Å². The number of nitrogens with one attached hydrogen (secondary N) is 1. The average Bonchev–Trinajstić information content (AvgIpc) is 2.89. The van der Waals surface area contributed by atoms with Gasteiger partial charge in [-0.15, -0.1) is 0 Å². The van der Waals surface area contributed by atoms with E-state index in [2.05, 4.69) is 5.32 Å². The highest BCUT2D eigenvalue weighted by Gasteiger charge is 2.22. The SMILES string of the molecule is O=C(Cc1ccc(F)c(F)c1)Nc1nc2c(nc1C=Cc1ccccc1)-c1ccc(CO)cc1CC2. The Balaban J connectivity index is 1.50. The summed E-state index contributed by atoms with van der Waals surface area (Å²) in [6, 6.07) is 18.9. The third-order valence-electron chi connectivity index (χ3n) is 6.07. The van der Waals surface area contributed by atoms with Crippen LogP contribution in [0.15, 0.2) is 66.7 Å². The molecule has 0 fully saturated rings. The van der Waals surface area contributed by atoms with Crippen molar-refractivity contribution in [3.05, 3.63) is 112 Å². The van der Waals surface area contributed by atoms with E-state index in [0.29, 0.717) is 23.5 Å². The number of anilines is 1. The van der Waals surface area contributed by atoms with Gasteiger partial charge in [-0.3, -0.25) is 4.79 Å². The van der Waals surface area contributed by atoms with Gasteiger partial charge in [0.1, 0.15) is 5.69 Å². The number of carbonyl (C=O) groups excluding carboxylic acids is 1. The third-order valence-corrected chi connectivity index (χ3v) is 6.07. The number of aliphatic hydroxyl groups is 1. The molecule has 0 radical (unpaired) electrons. The molecule has 1 aromatic heterocycles. The van der Waals surface area contributed by atoms with Gasteiger partial charge in [0.05, 0.1) is 24.4 Å². The van der Waals surface area contributed by atoms with Gasteiger partial charge >= 0.3 is 0 Å². The van der Waals surface area contributed by atoms with Gasteiger partial charge in [0.15, 0.2) is 17.5 Å². The number of halogens is 2. The first-order valence-electron chi connectivity index (χ1n) is 11.6. The Morgan fingerprint density at radius 2 is 1.72 bits per heavy atom. The van der Waals surface area contributed by atoms with Crippen LogP contribution in [0.4, 0.5) is 14.6 Å². The fraction of sp³-hybridized carbons (Fsp3) is 0.138. The van der Waals surface area contributed by atoms with Crippen molar-refractivity contribution in [2.45, 2.75) is 25.9 Å². The predicted octanol–water partition coefficient (Wildman–Crippen LogP) is 5.36.